The van der Waals surface area contributed by atoms with E-state index in [0.29, 0.717) is 19.5 Å². The number of nitrogens with zero attached hydrogens (tertiary/aromatic N) is 2. The molecular weight excluding hydrogens is 367 g/mol. The quantitative estimate of drug-likeness (QED) is 0.646. The average Bonchev–Trinajstić information content (AvgIpc) is 3.31. The molecule has 28 heavy (non-hydrogen) atoms. The number of carbonyl (C=O) groups is 2. The van der Waals surface area contributed by atoms with E-state index in [2.05, 4.69) is 15.7 Å². The smallest absolute Gasteiger partial charge is 0.255 e. The largest absolute Gasteiger partial charge is 0.493 e. The molecule has 0 radical (unpaired) electrons. The maximum atomic E-state index is 13.8. The number of rotatable bonds is 7. The molecule has 9 heteroatoms. The van der Waals surface area contributed by atoms with E-state index >= 15 is 0 Å². The van der Waals surface area contributed by atoms with E-state index in [9.17, 15) is 19.1 Å². The number of aliphatic hydroxyl groups is 1. The normalized spacial score (nSPS) is 21.3. The van der Waals surface area contributed by atoms with Crippen molar-refractivity contribution in [2.45, 2.75) is 31.5 Å². The number of amides is 2. The standard InChI is InChI=1S/C19H23FN4O4/c1-28-17-13(4-2-5-14(17)20)19(27)23-15-10-12(11-16(15)25)18(26)21-7-9-24-8-3-6-22-24/h2-6,8,12,15-16,25H,7,9-11H2,1H3,(H,21,26)(H,23,27)/t12-,15+,16+/m0/s1. The fourth-order valence-corrected chi connectivity index (χ4v) is 3.40. The fraction of sp³-hybridized carbons (Fsp3) is 0.421. The topological polar surface area (TPSA) is 105 Å². The highest BCUT2D eigenvalue weighted by molar-refractivity contribution is 5.97. The van der Waals surface area contributed by atoms with E-state index < -0.39 is 29.8 Å². The van der Waals surface area contributed by atoms with Crippen LogP contribution in [-0.2, 0) is 11.3 Å². The van der Waals surface area contributed by atoms with Crippen LogP contribution in [0.4, 0.5) is 4.39 Å². The molecule has 1 saturated carbocycles. The molecule has 150 valence electrons. The Balaban J connectivity index is 1.54. The summed E-state index contributed by atoms with van der Waals surface area (Å²) in [6.07, 6.45) is 3.16. The summed E-state index contributed by atoms with van der Waals surface area (Å²) in [4.78, 5) is 24.8. The van der Waals surface area contributed by atoms with Gasteiger partial charge in [-0.25, -0.2) is 4.39 Å². The van der Waals surface area contributed by atoms with Gasteiger partial charge >= 0.3 is 0 Å². The molecule has 1 aromatic carbocycles. The summed E-state index contributed by atoms with van der Waals surface area (Å²) in [5.41, 5.74) is 0.0434. The molecule has 1 aliphatic rings. The summed E-state index contributed by atoms with van der Waals surface area (Å²) in [5, 5.41) is 19.8. The minimum Gasteiger partial charge on any atom is -0.493 e. The van der Waals surface area contributed by atoms with Gasteiger partial charge < -0.3 is 20.5 Å². The Labute approximate surface area is 161 Å². The number of halogens is 1. The van der Waals surface area contributed by atoms with Crippen molar-refractivity contribution in [1.29, 1.82) is 0 Å². The zero-order chi connectivity index (χ0) is 20.1. The Morgan fingerprint density at radius 2 is 2.18 bits per heavy atom. The fourth-order valence-electron chi connectivity index (χ4n) is 3.40. The van der Waals surface area contributed by atoms with Crippen LogP contribution in [0.2, 0.25) is 0 Å². The number of hydrogen-bond acceptors (Lipinski definition) is 5. The third-order valence-electron chi connectivity index (χ3n) is 4.83. The minimum absolute atomic E-state index is 0.0434. The first-order valence-electron chi connectivity index (χ1n) is 9.06. The molecule has 0 spiro atoms. The van der Waals surface area contributed by atoms with Gasteiger partial charge in [0, 0.05) is 24.9 Å². The third kappa shape index (κ3) is 4.48. The number of hydrogen-bond donors (Lipinski definition) is 3. The highest BCUT2D eigenvalue weighted by atomic mass is 19.1. The summed E-state index contributed by atoms with van der Waals surface area (Å²) in [7, 11) is 1.28. The Morgan fingerprint density at radius 1 is 1.36 bits per heavy atom. The molecule has 0 saturated heterocycles. The number of methoxy groups -OCH3 is 1. The summed E-state index contributed by atoms with van der Waals surface area (Å²) in [6.45, 7) is 0.970. The van der Waals surface area contributed by atoms with Gasteiger partial charge in [-0.3, -0.25) is 14.3 Å². The van der Waals surface area contributed by atoms with Gasteiger partial charge in [-0.15, -0.1) is 0 Å². The Hall–Kier alpha value is -2.94. The number of para-hydroxylation sites is 1. The molecule has 0 unspecified atom stereocenters. The van der Waals surface area contributed by atoms with Gasteiger partial charge in [0.15, 0.2) is 11.6 Å². The van der Waals surface area contributed by atoms with Gasteiger partial charge in [-0.05, 0) is 31.0 Å². The van der Waals surface area contributed by atoms with Crippen molar-refractivity contribution in [3.63, 3.8) is 0 Å². The van der Waals surface area contributed by atoms with E-state index in [4.69, 9.17) is 4.74 Å². The predicted molar refractivity (Wildman–Crippen MR) is 98.2 cm³/mol. The number of nitrogens with one attached hydrogen (secondary N) is 2. The predicted octanol–water partition coefficient (Wildman–Crippen LogP) is 0.716. The molecular formula is C19H23FN4O4. The second-order valence-corrected chi connectivity index (χ2v) is 6.70. The lowest BCUT2D eigenvalue weighted by Gasteiger charge is -2.17. The zero-order valence-corrected chi connectivity index (χ0v) is 15.5. The first kappa shape index (κ1) is 19.8. The van der Waals surface area contributed by atoms with Crippen molar-refractivity contribution in [3.8, 4) is 5.75 Å². The van der Waals surface area contributed by atoms with Crippen molar-refractivity contribution in [2.24, 2.45) is 5.92 Å². The maximum absolute atomic E-state index is 13.8. The Morgan fingerprint density at radius 3 is 2.89 bits per heavy atom. The van der Waals surface area contributed by atoms with E-state index in [1.165, 1.54) is 25.3 Å². The Bertz CT molecular complexity index is 827. The molecule has 0 aliphatic heterocycles. The molecule has 1 fully saturated rings. The first-order valence-corrected chi connectivity index (χ1v) is 9.06. The lowest BCUT2D eigenvalue weighted by molar-refractivity contribution is -0.125. The highest BCUT2D eigenvalue weighted by Gasteiger charge is 2.38. The van der Waals surface area contributed by atoms with E-state index in [-0.39, 0.29) is 23.6 Å². The third-order valence-corrected chi connectivity index (χ3v) is 4.83. The Kier molecular flexibility index (Phi) is 6.25. The lowest BCUT2D eigenvalue weighted by Crippen LogP contribution is -2.40. The van der Waals surface area contributed by atoms with Gasteiger partial charge in [-0.2, -0.15) is 5.10 Å². The molecule has 0 bridgehead atoms. The SMILES string of the molecule is COc1c(F)cccc1C(=O)N[C@@H]1C[C@H](C(=O)NCCn2cccn2)C[C@H]1O. The lowest BCUT2D eigenvalue weighted by atomic mass is 10.1. The zero-order valence-electron chi connectivity index (χ0n) is 15.5. The van der Waals surface area contributed by atoms with Crippen LogP contribution >= 0.6 is 0 Å². The van der Waals surface area contributed by atoms with E-state index in [1.54, 1.807) is 23.1 Å². The van der Waals surface area contributed by atoms with Crippen LogP contribution in [0.1, 0.15) is 23.2 Å². The molecule has 2 amide bonds. The highest BCUT2D eigenvalue weighted by Crippen LogP contribution is 2.28. The number of carbonyl (C=O) groups excluding carboxylic acids is 2. The summed E-state index contributed by atoms with van der Waals surface area (Å²) >= 11 is 0. The van der Waals surface area contributed by atoms with Crippen LogP contribution in [0, 0.1) is 11.7 Å². The van der Waals surface area contributed by atoms with Crippen molar-refractivity contribution in [3.05, 3.63) is 48.0 Å². The van der Waals surface area contributed by atoms with Crippen molar-refractivity contribution in [1.82, 2.24) is 20.4 Å². The van der Waals surface area contributed by atoms with Crippen molar-refractivity contribution >= 4 is 11.8 Å². The summed E-state index contributed by atoms with van der Waals surface area (Å²) in [5.74, 6) is -1.93. The van der Waals surface area contributed by atoms with Gasteiger partial charge in [0.1, 0.15) is 0 Å². The monoisotopic (exact) mass is 390 g/mol. The second kappa shape index (κ2) is 8.83. The maximum Gasteiger partial charge on any atom is 0.255 e. The van der Waals surface area contributed by atoms with Crippen LogP contribution in [0.5, 0.6) is 5.75 Å². The van der Waals surface area contributed by atoms with Crippen LogP contribution < -0.4 is 15.4 Å². The van der Waals surface area contributed by atoms with Crippen LogP contribution in [0.25, 0.3) is 0 Å². The van der Waals surface area contributed by atoms with E-state index in [1.807, 2.05) is 0 Å². The molecule has 1 aliphatic carbocycles. The number of aromatic nitrogens is 2. The van der Waals surface area contributed by atoms with Crippen LogP contribution in [-0.4, -0.2) is 52.5 Å². The summed E-state index contributed by atoms with van der Waals surface area (Å²) in [6, 6.07) is 5.26. The van der Waals surface area contributed by atoms with Crippen molar-refractivity contribution in [2.75, 3.05) is 13.7 Å². The number of aliphatic hydroxyl groups excluding tert-OH is 1. The molecule has 3 atom stereocenters. The molecule has 8 nitrogen and oxygen atoms in total. The van der Waals surface area contributed by atoms with Gasteiger partial charge in [-0.1, -0.05) is 6.07 Å². The molecule has 3 rings (SSSR count). The van der Waals surface area contributed by atoms with Gasteiger partial charge in [0.25, 0.3) is 5.91 Å². The number of benzene rings is 1. The van der Waals surface area contributed by atoms with Crippen LogP contribution in [0.15, 0.2) is 36.7 Å². The summed E-state index contributed by atoms with van der Waals surface area (Å²) < 4.78 is 20.4. The van der Waals surface area contributed by atoms with Crippen LogP contribution in [0.3, 0.4) is 0 Å². The second-order valence-electron chi connectivity index (χ2n) is 6.70. The molecule has 1 aromatic heterocycles. The van der Waals surface area contributed by atoms with E-state index in [0.717, 1.165) is 0 Å². The number of ether oxygens (including phenoxy) is 1. The molecule has 3 N–H and O–H groups in total. The molecule has 2 aromatic rings. The van der Waals surface area contributed by atoms with Gasteiger partial charge in [0.2, 0.25) is 5.91 Å². The minimum atomic E-state index is -0.856. The molecule has 1 heterocycles. The van der Waals surface area contributed by atoms with Crippen molar-refractivity contribution < 1.29 is 23.8 Å². The first-order chi connectivity index (χ1) is 13.5. The average molecular weight is 390 g/mol. The van der Waals surface area contributed by atoms with Gasteiger partial charge in [0.05, 0.1) is 31.4 Å².